The molecular formula is C15H25N3O. The molecule has 4 nitrogen and oxygen atoms in total. The quantitative estimate of drug-likeness (QED) is 0.849. The van der Waals surface area contributed by atoms with Crippen molar-refractivity contribution >= 4 is 17.3 Å². The minimum Gasteiger partial charge on any atom is -0.397 e. The van der Waals surface area contributed by atoms with Gasteiger partial charge in [-0.25, -0.2) is 0 Å². The van der Waals surface area contributed by atoms with Crippen molar-refractivity contribution in [1.29, 1.82) is 0 Å². The summed E-state index contributed by atoms with van der Waals surface area (Å²) in [4.78, 5) is 16.1. The summed E-state index contributed by atoms with van der Waals surface area (Å²) in [6, 6.07) is 5.66. The monoisotopic (exact) mass is 263 g/mol. The van der Waals surface area contributed by atoms with E-state index in [9.17, 15) is 4.79 Å². The van der Waals surface area contributed by atoms with E-state index in [0.29, 0.717) is 17.2 Å². The van der Waals surface area contributed by atoms with Gasteiger partial charge >= 0.3 is 0 Å². The topological polar surface area (TPSA) is 49.6 Å². The van der Waals surface area contributed by atoms with Gasteiger partial charge in [0.05, 0.1) is 11.4 Å². The highest BCUT2D eigenvalue weighted by Gasteiger charge is 2.20. The van der Waals surface area contributed by atoms with Crippen LogP contribution in [-0.4, -0.2) is 38.0 Å². The van der Waals surface area contributed by atoms with Gasteiger partial charge in [-0.15, -0.1) is 0 Å². The van der Waals surface area contributed by atoms with E-state index in [1.54, 1.807) is 11.0 Å². The summed E-state index contributed by atoms with van der Waals surface area (Å²) in [5.41, 5.74) is 8.17. The number of anilines is 2. The smallest absolute Gasteiger partial charge is 0.253 e. The standard InChI is InChI=1S/C15H25N3O/c1-10(2)11(3)18(6)15(19)12-7-8-14(17(4)5)13(16)9-12/h7-11H,16H2,1-6H3. The molecular weight excluding hydrogens is 238 g/mol. The van der Waals surface area contributed by atoms with Crippen molar-refractivity contribution in [3.05, 3.63) is 23.8 Å². The van der Waals surface area contributed by atoms with Crippen LogP contribution in [0.2, 0.25) is 0 Å². The van der Waals surface area contributed by atoms with Crippen LogP contribution in [0, 0.1) is 5.92 Å². The summed E-state index contributed by atoms with van der Waals surface area (Å²) in [6.45, 7) is 6.27. The molecule has 19 heavy (non-hydrogen) atoms. The molecule has 0 aliphatic heterocycles. The number of nitrogen functional groups attached to an aromatic ring is 1. The molecule has 1 aromatic rings. The van der Waals surface area contributed by atoms with Crippen molar-refractivity contribution in [3.8, 4) is 0 Å². The number of nitrogens with zero attached hydrogens (tertiary/aromatic N) is 2. The van der Waals surface area contributed by atoms with Crippen LogP contribution in [0.25, 0.3) is 0 Å². The molecule has 0 aromatic heterocycles. The maximum absolute atomic E-state index is 12.4. The largest absolute Gasteiger partial charge is 0.397 e. The number of hydrogen-bond donors (Lipinski definition) is 1. The Bertz CT molecular complexity index is 455. The Morgan fingerprint density at radius 3 is 2.16 bits per heavy atom. The molecule has 2 N–H and O–H groups in total. The second-order valence-corrected chi connectivity index (χ2v) is 5.57. The van der Waals surface area contributed by atoms with E-state index in [1.165, 1.54) is 0 Å². The molecule has 1 unspecified atom stereocenters. The Morgan fingerprint density at radius 2 is 1.74 bits per heavy atom. The Balaban J connectivity index is 2.98. The highest BCUT2D eigenvalue weighted by Crippen LogP contribution is 2.23. The van der Waals surface area contributed by atoms with Gasteiger partial charge in [-0.05, 0) is 31.0 Å². The van der Waals surface area contributed by atoms with Gasteiger partial charge in [-0.3, -0.25) is 4.79 Å². The number of benzene rings is 1. The van der Waals surface area contributed by atoms with Gasteiger partial charge in [0.15, 0.2) is 0 Å². The zero-order valence-corrected chi connectivity index (χ0v) is 12.8. The Kier molecular flexibility index (Phi) is 4.81. The molecule has 0 saturated carbocycles. The third-order valence-electron chi connectivity index (χ3n) is 3.65. The third-order valence-corrected chi connectivity index (χ3v) is 3.65. The molecule has 0 spiro atoms. The molecule has 0 fully saturated rings. The van der Waals surface area contributed by atoms with E-state index in [-0.39, 0.29) is 11.9 Å². The lowest BCUT2D eigenvalue weighted by Gasteiger charge is -2.28. The number of rotatable bonds is 4. The van der Waals surface area contributed by atoms with E-state index < -0.39 is 0 Å². The highest BCUT2D eigenvalue weighted by molar-refractivity contribution is 5.96. The fraction of sp³-hybridized carbons (Fsp3) is 0.533. The second-order valence-electron chi connectivity index (χ2n) is 5.57. The normalized spacial score (nSPS) is 12.4. The van der Waals surface area contributed by atoms with Crippen molar-refractivity contribution in [2.45, 2.75) is 26.8 Å². The summed E-state index contributed by atoms with van der Waals surface area (Å²) < 4.78 is 0. The molecule has 4 heteroatoms. The van der Waals surface area contributed by atoms with Gasteiger partial charge in [0.2, 0.25) is 0 Å². The average Bonchev–Trinajstić information content (AvgIpc) is 2.35. The molecule has 1 atom stereocenters. The first-order chi connectivity index (χ1) is 8.75. The van der Waals surface area contributed by atoms with Gasteiger partial charge in [0, 0.05) is 32.7 Å². The highest BCUT2D eigenvalue weighted by atomic mass is 16.2. The summed E-state index contributed by atoms with van der Waals surface area (Å²) in [5, 5.41) is 0. The minimum absolute atomic E-state index is 0.0122. The first-order valence-corrected chi connectivity index (χ1v) is 6.59. The molecule has 1 aromatic carbocycles. The lowest BCUT2D eigenvalue weighted by Crippen LogP contribution is -2.38. The fourth-order valence-corrected chi connectivity index (χ4v) is 1.93. The van der Waals surface area contributed by atoms with Crippen LogP contribution >= 0.6 is 0 Å². The fourth-order valence-electron chi connectivity index (χ4n) is 1.93. The molecule has 106 valence electrons. The van der Waals surface area contributed by atoms with Crippen molar-refractivity contribution < 1.29 is 4.79 Å². The number of amides is 1. The van der Waals surface area contributed by atoms with Crippen LogP contribution in [0.3, 0.4) is 0 Å². The predicted molar refractivity (Wildman–Crippen MR) is 81.6 cm³/mol. The van der Waals surface area contributed by atoms with Gasteiger partial charge in [-0.2, -0.15) is 0 Å². The van der Waals surface area contributed by atoms with Crippen molar-refractivity contribution in [1.82, 2.24) is 4.90 Å². The van der Waals surface area contributed by atoms with Crippen molar-refractivity contribution in [2.24, 2.45) is 5.92 Å². The molecule has 0 heterocycles. The van der Waals surface area contributed by atoms with Crippen LogP contribution in [0.5, 0.6) is 0 Å². The van der Waals surface area contributed by atoms with Crippen molar-refractivity contribution in [2.75, 3.05) is 31.8 Å². The number of nitrogens with two attached hydrogens (primary N) is 1. The Hall–Kier alpha value is -1.71. The second kappa shape index (κ2) is 5.95. The third kappa shape index (κ3) is 3.40. The number of carbonyl (C=O) groups excluding carboxylic acids is 1. The minimum atomic E-state index is 0.0122. The number of hydrogen-bond acceptors (Lipinski definition) is 3. The maximum Gasteiger partial charge on any atom is 0.253 e. The van der Waals surface area contributed by atoms with E-state index in [4.69, 9.17) is 5.73 Å². The van der Waals surface area contributed by atoms with E-state index in [1.807, 2.05) is 38.2 Å². The van der Waals surface area contributed by atoms with Crippen LogP contribution in [0.4, 0.5) is 11.4 Å². The Morgan fingerprint density at radius 1 is 1.16 bits per heavy atom. The average molecular weight is 263 g/mol. The molecule has 0 saturated heterocycles. The van der Waals surface area contributed by atoms with E-state index in [0.717, 1.165) is 5.69 Å². The summed E-state index contributed by atoms with van der Waals surface area (Å²) in [7, 11) is 5.70. The zero-order valence-electron chi connectivity index (χ0n) is 12.8. The van der Waals surface area contributed by atoms with Gasteiger partial charge in [0.1, 0.15) is 0 Å². The van der Waals surface area contributed by atoms with Gasteiger partial charge < -0.3 is 15.5 Å². The lowest BCUT2D eigenvalue weighted by atomic mass is 10.0. The maximum atomic E-state index is 12.4. The molecule has 1 rings (SSSR count). The van der Waals surface area contributed by atoms with Crippen LogP contribution in [0.15, 0.2) is 18.2 Å². The van der Waals surface area contributed by atoms with Gasteiger partial charge in [0.25, 0.3) is 5.91 Å². The SMILES string of the molecule is CC(C)C(C)N(C)C(=O)c1ccc(N(C)C)c(N)c1. The molecule has 1 amide bonds. The summed E-state index contributed by atoms with van der Waals surface area (Å²) in [6.07, 6.45) is 0. The molecule has 0 radical (unpaired) electrons. The van der Waals surface area contributed by atoms with Crippen LogP contribution in [-0.2, 0) is 0 Å². The molecule has 0 bridgehead atoms. The zero-order chi connectivity index (χ0) is 14.7. The lowest BCUT2D eigenvalue weighted by molar-refractivity contribution is 0.0707. The van der Waals surface area contributed by atoms with Crippen LogP contribution in [0.1, 0.15) is 31.1 Å². The first-order valence-electron chi connectivity index (χ1n) is 6.59. The molecule has 0 aliphatic carbocycles. The molecule has 0 aliphatic rings. The Labute approximate surface area is 116 Å². The van der Waals surface area contributed by atoms with Gasteiger partial charge in [-0.1, -0.05) is 13.8 Å². The van der Waals surface area contributed by atoms with Crippen molar-refractivity contribution in [3.63, 3.8) is 0 Å². The van der Waals surface area contributed by atoms with E-state index >= 15 is 0 Å². The number of carbonyl (C=O) groups is 1. The van der Waals surface area contributed by atoms with E-state index in [2.05, 4.69) is 20.8 Å². The first kappa shape index (κ1) is 15.3. The predicted octanol–water partition coefficient (Wildman–Crippen LogP) is 2.45. The van der Waals surface area contributed by atoms with Crippen LogP contribution < -0.4 is 10.6 Å². The summed E-state index contributed by atoms with van der Waals surface area (Å²) >= 11 is 0. The summed E-state index contributed by atoms with van der Waals surface area (Å²) in [5.74, 6) is 0.436.